The molecule has 1 aliphatic rings. The molecule has 3 heterocycles. The van der Waals surface area contributed by atoms with Crippen LogP contribution in [0.2, 0.25) is 0 Å². The third kappa shape index (κ3) is 7.23. The summed E-state index contributed by atoms with van der Waals surface area (Å²) < 4.78 is 35.4. The van der Waals surface area contributed by atoms with Gasteiger partial charge in [-0.05, 0) is 48.6 Å². The van der Waals surface area contributed by atoms with Gasteiger partial charge in [0.25, 0.3) is 0 Å². The summed E-state index contributed by atoms with van der Waals surface area (Å²) in [6.45, 7) is 9.73. The lowest BCUT2D eigenvalue weighted by Crippen LogP contribution is -3.00. The monoisotopic (exact) mass is 714 g/mol. The maximum absolute atomic E-state index is 12.4. The molecular weight excluding hydrogens is 680 g/mol. The molecular formula is C33H35BrN2O11. The number of hydrogen-bond acceptors (Lipinski definition) is 11. The number of fused-ring (bicyclic) bond motifs is 4. The number of pyridine rings is 1. The fraction of sp³-hybridized carbons (Fsp3) is 0.394. The van der Waals surface area contributed by atoms with Crippen LogP contribution < -0.4 is 26.3 Å². The van der Waals surface area contributed by atoms with Crippen LogP contribution in [0.5, 0.6) is 5.75 Å². The lowest BCUT2D eigenvalue weighted by Gasteiger charge is -2.41. The molecule has 0 spiro atoms. The summed E-state index contributed by atoms with van der Waals surface area (Å²) in [5.74, 6) is -2.72. The summed E-state index contributed by atoms with van der Waals surface area (Å²) >= 11 is 0. The first-order valence-electron chi connectivity index (χ1n) is 14.6. The molecule has 0 bridgehead atoms. The molecule has 13 nitrogen and oxygen atoms in total. The van der Waals surface area contributed by atoms with Gasteiger partial charge in [0.1, 0.15) is 18.5 Å². The van der Waals surface area contributed by atoms with E-state index in [1.165, 1.54) is 34.6 Å². The molecule has 14 heteroatoms. The minimum absolute atomic E-state index is 0. The molecule has 0 amide bonds. The van der Waals surface area contributed by atoms with Crippen molar-refractivity contribution in [3.8, 4) is 5.75 Å². The Bertz CT molecular complexity index is 1900. The number of nitrogens with zero attached hydrogens (tertiary/aromatic N) is 1. The van der Waals surface area contributed by atoms with E-state index in [0.29, 0.717) is 5.75 Å². The minimum atomic E-state index is -1.30. The molecule has 1 aliphatic heterocycles. The van der Waals surface area contributed by atoms with Gasteiger partial charge in [-0.3, -0.25) is 24.0 Å². The number of halogens is 1. The van der Waals surface area contributed by atoms with Gasteiger partial charge in [0.2, 0.25) is 6.10 Å². The minimum Gasteiger partial charge on any atom is -1.00 e. The lowest BCUT2D eigenvalue weighted by atomic mass is 9.95. The van der Waals surface area contributed by atoms with Crippen molar-refractivity contribution in [2.75, 3.05) is 6.61 Å². The molecule has 5 atom stereocenters. The van der Waals surface area contributed by atoms with Crippen molar-refractivity contribution in [3.63, 3.8) is 0 Å². The average Bonchev–Trinajstić information content (AvgIpc) is 3.35. The number of nitrogens with one attached hydrogen (secondary N) is 1. The lowest BCUT2D eigenvalue weighted by molar-refractivity contribution is -0.776. The van der Waals surface area contributed by atoms with Gasteiger partial charge in [-0.1, -0.05) is 0 Å². The number of rotatable bonds is 7. The van der Waals surface area contributed by atoms with Crippen LogP contribution in [0, 0.1) is 13.8 Å². The number of ether oxygens (including phenoxy) is 6. The van der Waals surface area contributed by atoms with Gasteiger partial charge in [-0.15, -0.1) is 0 Å². The molecule has 0 aliphatic carbocycles. The molecule has 250 valence electrons. The molecule has 0 saturated carbocycles. The van der Waals surface area contributed by atoms with E-state index in [9.17, 15) is 24.0 Å². The van der Waals surface area contributed by atoms with Crippen LogP contribution in [-0.4, -0.2) is 65.9 Å². The van der Waals surface area contributed by atoms with Gasteiger partial charge in [0.15, 0.2) is 24.6 Å². The molecule has 1 fully saturated rings. The average molecular weight is 716 g/mol. The number of hydrogen-bond donors (Lipinski definition) is 1. The maximum Gasteiger partial charge on any atom is 0.308 e. The van der Waals surface area contributed by atoms with Crippen LogP contribution in [0.4, 0.5) is 0 Å². The Morgan fingerprint density at radius 2 is 1.40 bits per heavy atom. The van der Waals surface area contributed by atoms with Crippen molar-refractivity contribution >= 4 is 62.4 Å². The predicted octanol–water partition coefficient (Wildman–Crippen LogP) is 0.564. The molecule has 4 aromatic rings. The number of H-pyrrole nitrogens is 1. The highest BCUT2D eigenvalue weighted by atomic mass is 79.9. The summed E-state index contributed by atoms with van der Waals surface area (Å²) in [5.41, 5.74) is 3.65. The first-order chi connectivity index (χ1) is 21.7. The van der Waals surface area contributed by atoms with Crippen LogP contribution in [0.3, 0.4) is 0 Å². The molecule has 0 radical (unpaired) electrons. The third-order valence-corrected chi connectivity index (χ3v) is 7.83. The van der Waals surface area contributed by atoms with Crippen molar-refractivity contribution < 1.29 is 73.9 Å². The zero-order valence-corrected chi connectivity index (χ0v) is 28.5. The number of esters is 5. The second-order valence-electron chi connectivity index (χ2n) is 11.2. The van der Waals surface area contributed by atoms with E-state index >= 15 is 0 Å². The standard InChI is InChI=1S/C33H34N2O11.BrH/c1-15-25-13-35(11-10-23(25)16(2)29-28(15)24-12-22(42-18(4)37)8-9-26(24)34-29)33-32(45-21(7)40)31(44-20(6)39)30(43-19(5)38)27(46-33)14-41-17(3)36;/h8-13,27,30-33H,14H2,1-7H3;1H/t27-,30-,31-,32-,33-;/m0./s1. The van der Waals surface area contributed by atoms with E-state index < -0.39 is 60.5 Å². The van der Waals surface area contributed by atoms with E-state index in [1.54, 1.807) is 16.8 Å². The van der Waals surface area contributed by atoms with Gasteiger partial charge in [0.05, 0.1) is 5.52 Å². The number of aromatic amines is 1. The van der Waals surface area contributed by atoms with E-state index in [0.717, 1.165) is 43.7 Å². The Labute approximate surface area is 280 Å². The fourth-order valence-corrected chi connectivity index (χ4v) is 6.08. The van der Waals surface area contributed by atoms with Crippen molar-refractivity contribution in [1.29, 1.82) is 0 Å². The summed E-state index contributed by atoms with van der Waals surface area (Å²) in [7, 11) is 0. The van der Waals surface area contributed by atoms with E-state index in [1.807, 2.05) is 38.2 Å². The molecule has 47 heavy (non-hydrogen) atoms. The number of aryl methyl sites for hydroxylation is 2. The summed E-state index contributed by atoms with van der Waals surface area (Å²) in [6, 6.07) is 7.28. The molecule has 2 aromatic heterocycles. The quantitative estimate of drug-likeness (QED) is 0.123. The highest BCUT2D eigenvalue weighted by Crippen LogP contribution is 2.38. The molecule has 1 saturated heterocycles. The Balaban J connectivity index is 0.00000500. The van der Waals surface area contributed by atoms with Crippen LogP contribution in [0.15, 0.2) is 36.7 Å². The van der Waals surface area contributed by atoms with Crippen molar-refractivity contribution in [2.24, 2.45) is 0 Å². The molecule has 2 aromatic carbocycles. The fourth-order valence-electron chi connectivity index (χ4n) is 6.08. The van der Waals surface area contributed by atoms with Crippen molar-refractivity contribution in [1.82, 2.24) is 4.98 Å². The topological polar surface area (TPSA) is 160 Å². The van der Waals surface area contributed by atoms with Gasteiger partial charge in [0, 0.05) is 62.4 Å². The first kappa shape index (κ1) is 35.3. The third-order valence-electron chi connectivity index (χ3n) is 7.83. The Kier molecular flexibility index (Phi) is 10.6. The smallest absolute Gasteiger partial charge is 0.308 e. The van der Waals surface area contributed by atoms with Crippen LogP contribution in [0.1, 0.15) is 52.0 Å². The van der Waals surface area contributed by atoms with Crippen molar-refractivity contribution in [3.05, 3.63) is 47.8 Å². The molecule has 5 rings (SSSR count). The molecule has 0 unspecified atom stereocenters. The highest BCUT2D eigenvalue weighted by Gasteiger charge is 2.56. The highest BCUT2D eigenvalue weighted by molar-refractivity contribution is 6.16. The number of carbonyl (C=O) groups is 5. The number of carbonyl (C=O) groups excluding carboxylic acids is 5. The van der Waals surface area contributed by atoms with Gasteiger partial charge >= 0.3 is 36.1 Å². The van der Waals surface area contributed by atoms with Crippen LogP contribution >= 0.6 is 0 Å². The van der Waals surface area contributed by atoms with E-state index in [4.69, 9.17) is 28.4 Å². The molecule has 1 N–H and O–H groups in total. The summed E-state index contributed by atoms with van der Waals surface area (Å²) in [5, 5.41) is 3.55. The largest absolute Gasteiger partial charge is 1.00 e. The first-order valence-corrected chi connectivity index (χ1v) is 14.6. The maximum atomic E-state index is 12.4. The second kappa shape index (κ2) is 14.1. The van der Waals surface area contributed by atoms with Gasteiger partial charge < -0.3 is 50.4 Å². The van der Waals surface area contributed by atoms with E-state index in [2.05, 4.69) is 4.98 Å². The Morgan fingerprint density at radius 1 is 0.766 bits per heavy atom. The number of benzene rings is 2. The summed E-state index contributed by atoms with van der Waals surface area (Å²) in [4.78, 5) is 63.6. The van der Waals surface area contributed by atoms with Gasteiger partial charge in [-0.2, -0.15) is 4.57 Å². The summed E-state index contributed by atoms with van der Waals surface area (Å²) in [6.07, 6.45) is -2.44. The zero-order chi connectivity index (χ0) is 33.4. The van der Waals surface area contributed by atoms with Crippen LogP contribution in [-0.2, 0) is 47.7 Å². The Morgan fingerprint density at radius 3 is 2.02 bits per heavy atom. The van der Waals surface area contributed by atoms with Crippen LogP contribution in [0.25, 0.3) is 32.6 Å². The Hall–Kier alpha value is -4.56. The second-order valence-corrected chi connectivity index (χ2v) is 11.2. The normalized spacial score (nSPS) is 20.7. The van der Waals surface area contributed by atoms with E-state index in [-0.39, 0.29) is 23.6 Å². The SMILES string of the molecule is CC(=O)OC[C@@H]1O[C@H]([n+]2ccc3c(C)c4[nH]c5ccc(OC(C)=O)cc5c4c(C)c3c2)[C@@H](OC(C)=O)[C@@H](OC(C)=O)[C@H]1OC(C)=O.[Br-]. The number of aromatic nitrogens is 2. The van der Waals surface area contributed by atoms with Crippen molar-refractivity contribution in [2.45, 2.75) is 79.1 Å². The predicted molar refractivity (Wildman–Crippen MR) is 161 cm³/mol. The zero-order valence-electron chi connectivity index (χ0n) is 26.9. The van der Waals surface area contributed by atoms with Gasteiger partial charge in [-0.25, -0.2) is 0 Å².